The van der Waals surface area contributed by atoms with E-state index in [4.69, 9.17) is 25.7 Å². The molecule has 1 aromatic rings. The second kappa shape index (κ2) is 13.6. The molecule has 2 atom stereocenters. The van der Waals surface area contributed by atoms with Crippen LogP contribution in [0.25, 0.3) is 5.57 Å². The van der Waals surface area contributed by atoms with Crippen LogP contribution in [0.15, 0.2) is 22.7 Å². The van der Waals surface area contributed by atoms with Gasteiger partial charge in [-0.25, -0.2) is 14.6 Å². The fourth-order valence-electron chi connectivity index (χ4n) is 3.39. The Hall–Kier alpha value is -3.34. The fraction of sp³-hybridized carbons (Fsp3) is 0.455. The van der Waals surface area contributed by atoms with Crippen LogP contribution in [0.2, 0.25) is 0 Å². The number of nitrogens with zero attached hydrogens (tertiary/aromatic N) is 2. The van der Waals surface area contributed by atoms with Gasteiger partial charge in [0.05, 0.1) is 16.7 Å². The van der Waals surface area contributed by atoms with Crippen LogP contribution < -0.4 is 16.8 Å². The average Bonchev–Trinajstić information content (AvgIpc) is 3.25. The third kappa shape index (κ3) is 7.62. The molecule has 7 N–H and O–H groups in total. The summed E-state index contributed by atoms with van der Waals surface area (Å²) in [5.41, 5.74) is 10.6. The number of hydrogen-bond acceptors (Lipinski definition) is 12. The van der Waals surface area contributed by atoms with Gasteiger partial charge in [-0.3, -0.25) is 19.3 Å². The van der Waals surface area contributed by atoms with Crippen LogP contribution in [0.4, 0.5) is 9.93 Å². The van der Waals surface area contributed by atoms with E-state index in [9.17, 15) is 24.0 Å². The predicted molar refractivity (Wildman–Crippen MR) is 145 cm³/mol. The molecule has 14 nitrogen and oxygen atoms in total. The van der Waals surface area contributed by atoms with Gasteiger partial charge in [-0.1, -0.05) is 6.08 Å². The number of nitrogens with one attached hydrogen (secondary N) is 1. The van der Waals surface area contributed by atoms with Crippen LogP contribution in [0.5, 0.6) is 0 Å². The zero-order valence-electron chi connectivity index (χ0n) is 21.5. The standard InChI is InChI=1S/C22H27N5O8S2.ClH.H2O/c1-5-11(12-8-37-20(23)25-12)15(28)26-13-16(29)27-14(10(6-33-21(24)32)7-36-17(13)27)18(30)34-9-35-19(31)22(2,3)4;;/h5,8,13,17H,6-7,9H2,1-4H3,(H2,23,25)(H2,24,32)(H,26,28);1H;1H2/b11-5-;;/t13-,17-;;/m1../s1. The zero-order chi connectivity index (χ0) is 27.5. The quantitative estimate of drug-likeness (QED) is 0.160. The van der Waals surface area contributed by atoms with Gasteiger partial charge in [0, 0.05) is 16.7 Å². The number of esters is 2. The first-order chi connectivity index (χ1) is 17.3. The number of allylic oxidation sites excluding steroid dienone is 1. The van der Waals surface area contributed by atoms with E-state index in [1.807, 2.05) is 0 Å². The molecule has 0 unspecified atom stereocenters. The molecule has 1 fully saturated rings. The minimum absolute atomic E-state index is 0. The maximum Gasteiger partial charge on any atom is 0.404 e. The van der Waals surface area contributed by atoms with Gasteiger partial charge >= 0.3 is 18.0 Å². The van der Waals surface area contributed by atoms with Crippen molar-refractivity contribution >= 4 is 76.1 Å². The summed E-state index contributed by atoms with van der Waals surface area (Å²) < 4.78 is 14.9. The Kier molecular flexibility index (Phi) is 11.8. The van der Waals surface area contributed by atoms with Crippen LogP contribution >= 0.6 is 35.5 Å². The predicted octanol–water partition coefficient (Wildman–Crippen LogP) is 0.565. The van der Waals surface area contributed by atoms with E-state index in [2.05, 4.69) is 10.3 Å². The summed E-state index contributed by atoms with van der Waals surface area (Å²) >= 11 is 2.43. The smallest absolute Gasteiger partial charge is 0.404 e. The summed E-state index contributed by atoms with van der Waals surface area (Å²) in [6, 6.07) is -0.941. The van der Waals surface area contributed by atoms with Crippen LogP contribution in [0, 0.1) is 5.41 Å². The topological polar surface area (TPSA) is 225 Å². The van der Waals surface area contributed by atoms with E-state index in [1.54, 1.807) is 39.2 Å². The minimum atomic E-state index is -1.06. The van der Waals surface area contributed by atoms with Crippen molar-refractivity contribution in [3.63, 3.8) is 0 Å². The van der Waals surface area contributed by atoms with Crippen LogP contribution in [0.1, 0.15) is 33.4 Å². The van der Waals surface area contributed by atoms with Gasteiger partial charge in [0.2, 0.25) is 6.79 Å². The highest BCUT2D eigenvalue weighted by molar-refractivity contribution is 8.00. The Morgan fingerprint density at radius 1 is 1.23 bits per heavy atom. The molecule has 0 saturated carbocycles. The number of carbonyl (C=O) groups excluding carboxylic acids is 5. The van der Waals surface area contributed by atoms with Crippen LogP contribution in [0.3, 0.4) is 0 Å². The maximum atomic E-state index is 13.1. The summed E-state index contributed by atoms with van der Waals surface area (Å²) in [5, 5.41) is 3.97. The van der Waals surface area contributed by atoms with Gasteiger partial charge in [-0.15, -0.1) is 35.5 Å². The Bertz CT molecular complexity index is 1190. The molecule has 3 amide bonds. The van der Waals surface area contributed by atoms with E-state index in [-0.39, 0.29) is 47.1 Å². The van der Waals surface area contributed by atoms with E-state index < -0.39 is 53.5 Å². The average molecular weight is 608 g/mol. The molecule has 216 valence electrons. The number of primary amides is 1. The number of ether oxygens (including phenoxy) is 3. The third-order valence-corrected chi connectivity index (χ3v) is 7.25. The normalized spacial score (nSPS) is 18.5. The van der Waals surface area contributed by atoms with E-state index in [1.165, 1.54) is 23.1 Å². The number of thioether (sulfide) groups is 1. The van der Waals surface area contributed by atoms with Gasteiger partial charge in [0.15, 0.2) is 5.13 Å². The molecule has 1 saturated heterocycles. The lowest BCUT2D eigenvalue weighted by Gasteiger charge is -2.49. The van der Waals surface area contributed by atoms with Gasteiger partial charge in [0.1, 0.15) is 23.7 Å². The van der Waals surface area contributed by atoms with E-state index >= 15 is 0 Å². The molecule has 2 aliphatic heterocycles. The molecule has 17 heteroatoms. The molecular weight excluding hydrogens is 578 g/mol. The Morgan fingerprint density at radius 2 is 1.90 bits per heavy atom. The first-order valence-electron chi connectivity index (χ1n) is 11.0. The lowest BCUT2D eigenvalue weighted by Crippen LogP contribution is -2.70. The molecule has 0 spiro atoms. The number of thiazole rings is 1. The monoisotopic (exact) mass is 607 g/mol. The van der Waals surface area contributed by atoms with Crippen molar-refractivity contribution in [1.82, 2.24) is 15.2 Å². The number of hydrogen-bond donors (Lipinski definition) is 3. The van der Waals surface area contributed by atoms with Gasteiger partial charge in [-0.05, 0) is 27.7 Å². The Labute approximate surface area is 238 Å². The van der Waals surface area contributed by atoms with Crippen molar-refractivity contribution in [2.75, 3.05) is 24.9 Å². The highest BCUT2D eigenvalue weighted by Gasteiger charge is 2.54. The number of carbonyl (C=O) groups is 5. The molecule has 0 aromatic carbocycles. The number of nitrogens with two attached hydrogens (primary N) is 2. The van der Waals surface area contributed by atoms with Crippen molar-refractivity contribution in [1.29, 1.82) is 0 Å². The number of nitrogen functional groups attached to an aromatic ring is 1. The SMILES string of the molecule is C/C=C(\C(=O)N[C@@H]1C(=O)N2C(C(=O)OCOC(=O)C(C)(C)C)=C(COC(N)=O)CS[C@H]12)c1csc(N)n1.Cl.O. The van der Waals surface area contributed by atoms with E-state index in [0.29, 0.717) is 10.8 Å². The molecule has 1 aromatic heterocycles. The number of anilines is 1. The van der Waals surface area contributed by atoms with Crippen molar-refractivity contribution < 1.29 is 43.7 Å². The summed E-state index contributed by atoms with van der Waals surface area (Å²) in [6.07, 6.45) is 0.493. The molecule has 2 aliphatic rings. The Morgan fingerprint density at radius 3 is 2.44 bits per heavy atom. The fourth-order valence-corrected chi connectivity index (χ4v) is 5.28. The number of β-lactam (4-membered cyclic amide) rings is 1. The summed E-state index contributed by atoms with van der Waals surface area (Å²) in [7, 11) is 0. The van der Waals surface area contributed by atoms with Crippen LogP contribution in [-0.2, 0) is 33.4 Å². The van der Waals surface area contributed by atoms with Gasteiger partial charge < -0.3 is 36.5 Å². The molecule has 0 aliphatic carbocycles. The number of aromatic nitrogens is 1. The zero-order valence-corrected chi connectivity index (χ0v) is 23.9. The number of amides is 3. The van der Waals surface area contributed by atoms with Crippen molar-refractivity contribution in [3.8, 4) is 0 Å². The first-order valence-corrected chi connectivity index (χ1v) is 12.9. The van der Waals surface area contributed by atoms with E-state index in [0.717, 1.165) is 4.90 Å². The molecule has 0 bridgehead atoms. The summed E-state index contributed by atoms with van der Waals surface area (Å²) in [4.78, 5) is 67.2. The summed E-state index contributed by atoms with van der Waals surface area (Å²) in [6.45, 7) is 5.54. The molecule has 0 radical (unpaired) electrons. The first kappa shape index (κ1) is 33.7. The lowest BCUT2D eigenvalue weighted by molar-refractivity contribution is -0.173. The highest BCUT2D eigenvalue weighted by atomic mass is 35.5. The van der Waals surface area contributed by atoms with Crippen molar-refractivity contribution in [3.05, 3.63) is 28.4 Å². The van der Waals surface area contributed by atoms with Crippen molar-refractivity contribution in [2.45, 2.75) is 39.1 Å². The minimum Gasteiger partial charge on any atom is -0.445 e. The second-order valence-corrected chi connectivity index (χ2v) is 10.9. The molecule has 3 rings (SSSR count). The van der Waals surface area contributed by atoms with Gasteiger partial charge in [0.25, 0.3) is 11.8 Å². The number of halogens is 1. The summed E-state index contributed by atoms with van der Waals surface area (Å²) in [5.74, 6) is -2.47. The second-order valence-electron chi connectivity index (χ2n) is 8.93. The third-order valence-electron chi connectivity index (χ3n) is 5.24. The molecule has 3 heterocycles. The molecular formula is C22H30ClN5O9S2. The van der Waals surface area contributed by atoms with Crippen LogP contribution in [-0.4, -0.2) is 75.8 Å². The van der Waals surface area contributed by atoms with Crippen molar-refractivity contribution in [2.24, 2.45) is 11.1 Å². The molecule has 39 heavy (non-hydrogen) atoms. The number of fused-ring (bicyclic) bond motifs is 1. The Balaban J connectivity index is 0.00000380. The number of rotatable bonds is 8. The maximum absolute atomic E-state index is 13.1. The lowest BCUT2D eigenvalue weighted by atomic mass is 9.98. The van der Waals surface area contributed by atoms with Gasteiger partial charge in [-0.2, -0.15) is 0 Å². The highest BCUT2D eigenvalue weighted by Crippen LogP contribution is 2.41. The largest absolute Gasteiger partial charge is 0.445 e.